The first-order valence-electron chi connectivity index (χ1n) is 7.63. The van der Waals surface area contributed by atoms with Crippen molar-refractivity contribution in [3.63, 3.8) is 0 Å². The summed E-state index contributed by atoms with van der Waals surface area (Å²) in [6.07, 6.45) is 3.14. The maximum absolute atomic E-state index is 12.4. The van der Waals surface area contributed by atoms with E-state index in [4.69, 9.17) is 19.9 Å². The zero-order chi connectivity index (χ0) is 17.7. The molecule has 0 spiro atoms. The van der Waals surface area contributed by atoms with Gasteiger partial charge in [-0.2, -0.15) is 0 Å². The lowest BCUT2D eigenvalue weighted by molar-refractivity contribution is -0.140. The van der Waals surface area contributed by atoms with Crippen LogP contribution in [0, 0.1) is 0 Å². The molecule has 1 aromatic heterocycles. The number of esters is 2. The Kier molecular flexibility index (Phi) is 5.57. The molecule has 1 aromatic rings. The quantitative estimate of drug-likeness (QED) is 0.820. The number of ether oxygens (including phenoxy) is 3. The van der Waals surface area contributed by atoms with Crippen molar-refractivity contribution in [3.8, 4) is 0 Å². The molecule has 2 N–H and O–H groups in total. The van der Waals surface area contributed by atoms with Crippen LogP contribution in [0.5, 0.6) is 0 Å². The predicted molar refractivity (Wildman–Crippen MR) is 85.2 cm³/mol. The second-order valence-corrected chi connectivity index (χ2v) is 5.00. The van der Waals surface area contributed by atoms with Gasteiger partial charge in [0.1, 0.15) is 11.3 Å². The normalized spacial score (nSPS) is 17.4. The van der Waals surface area contributed by atoms with Crippen LogP contribution in [0.2, 0.25) is 0 Å². The largest absolute Gasteiger partial charge is 0.463 e. The van der Waals surface area contributed by atoms with Gasteiger partial charge >= 0.3 is 11.9 Å². The van der Waals surface area contributed by atoms with Crippen LogP contribution in [0.4, 0.5) is 0 Å². The van der Waals surface area contributed by atoms with E-state index in [-0.39, 0.29) is 30.2 Å². The molecule has 2 heterocycles. The van der Waals surface area contributed by atoms with Gasteiger partial charge in [0.2, 0.25) is 5.88 Å². The first-order chi connectivity index (χ1) is 11.5. The first-order valence-corrected chi connectivity index (χ1v) is 7.63. The van der Waals surface area contributed by atoms with Crippen LogP contribution in [-0.4, -0.2) is 30.1 Å². The van der Waals surface area contributed by atoms with Gasteiger partial charge in [0, 0.05) is 12.4 Å². The number of hydrogen-bond acceptors (Lipinski definition) is 7. The fraction of sp³-hybridized carbons (Fsp3) is 0.353. The van der Waals surface area contributed by atoms with Gasteiger partial charge in [0.25, 0.3) is 0 Å². The van der Waals surface area contributed by atoms with E-state index in [0.717, 1.165) is 0 Å². The van der Waals surface area contributed by atoms with E-state index in [1.807, 2.05) is 0 Å². The van der Waals surface area contributed by atoms with Crippen molar-refractivity contribution in [2.75, 3.05) is 13.2 Å². The summed E-state index contributed by atoms with van der Waals surface area (Å²) in [5.74, 6) is -1.72. The standard InChI is InChI=1S/C17H20N2O5/c1-4-22-16(20)12-10(3)24-15(18)14(17(21)23-5-2)13(12)11-6-8-19-9-7-11/h6-9,13H,4-5,18H2,1-3H3/t13-/m0/s1. The number of pyridine rings is 1. The molecule has 0 unspecified atom stereocenters. The SMILES string of the molecule is CCOC(=O)C1=C(C)OC(N)=C(C(=O)OCC)[C@H]1c1ccncc1. The molecule has 0 amide bonds. The number of allylic oxidation sites excluding steroid dienone is 1. The Morgan fingerprint density at radius 2 is 1.67 bits per heavy atom. The Hall–Kier alpha value is -2.83. The molecule has 128 valence electrons. The maximum Gasteiger partial charge on any atom is 0.340 e. The van der Waals surface area contributed by atoms with Gasteiger partial charge < -0.3 is 19.9 Å². The van der Waals surface area contributed by atoms with Crippen molar-refractivity contribution in [2.45, 2.75) is 26.7 Å². The third-order valence-electron chi connectivity index (χ3n) is 3.52. The van der Waals surface area contributed by atoms with Gasteiger partial charge in [0.15, 0.2) is 0 Å². The summed E-state index contributed by atoms with van der Waals surface area (Å²) in [7, 11) is 0. The van der Waals surface area contributed by atoms with Crippen molar-refractivity contribution >= 4 is 11.9 Å². The van der Waals surface area contributed by atoms with Crippen LogP contribution in [0.25, 0.3) is 0 Å². The van der Waals surface area contributed by atoms with Gasteiger partial charge in [-0.25, -0.2) is 9.59 Å². The predicted octanol–water partition coefficient (Wildman–Crippen LogP) is 1.77. The van der Waals surface area contributed by atoms with Crippen LogP contribution in [0.1, 0.15) is 32.3 Å². The third-order valence-corrected chi connectivity index (χ3v) is 3.52. The molecule has 1 atom stereocenters. The van der Waals surface area contributed by atoms with Crippen molar-refractivity contribution in [2.24, 2.45) is 5.73 Å². The Morgan fingerprint density at radius 3 is 2.21 bits per heavy atom. The molecule has 0 aromatic carbocycles. The van der Waals surface area contributed by atoms with Gasteiger partial charge in [-0.1, -0.05) is 0 Å². The van der Waals surface area contributed by atoms with E-state index in [1.165, 1.54) is 0 Å². The lowest BCUT2D eigenvalue weighted by atomic mass is 9.83. The van der Waals surface area contributed by atoms with E-state index in [9.17, 15) is 9.59 Å². The van der Waals surface area contributed by atoms with Crippen LogP contribution >= 0.6 is 0 Å². The van der Waals surface area contributed by atoms with Gasteiger partial charge in [-0.3, -0.25) is 4.98 Å². The molecule has 0 saturated heterocycles. The highest BCUT2D eigenvalue weighted by Gasteiger charge is 2.39. The zero-order valence-corrected chi connectivity index (χ0v) is 13.9. The molecule has 1 aliphatic rings. The fourth-order valence-electron chi connectivity index (χ4n) is 2.55. The molecular weight excluding hydrogens is 312 g/mol. The van der Waals surface area contributed by atoms with Gasteiger partial charge in [-0.05, 0) is 38.5 Å². The number of hydrogen-bond donors (Lipinski definition) is 1. The average molecular weight is 332 g/mol. The summed E-state index contributed by atoms with van der Waals surface area (Å²) in [4.78, 5) is 28.8. The number of nitrogens with zero attached hydrogens (tertiary/aromatic N) is 1. The second kappa shape index (κ2) is 7.63. The van der Waals surface area contributed by atoms with Crippen molar-refractivity contribution < 1.29 is 23.8 Å². The molecule has 0 fully saturated rings. The van der Waals surface area contributed by atoms with Crippen LogP contribution in [0.15, 0.2) is 47.3 Å². The monoisotopic (exact) mass is 332 g/mol. The topological polar surface area (TPSA) is 101 Å². The maximum atomic E-state index is 12.4. The smallest absolute Gasteiger partial charge is 0.340 e. The Labute approximate surface area is 140 Å². The average Bonchev–Trinajstić information content (AvgIpc) is 2.55. The summed E-state index contributed by atoms with van der Waals surface area (Å²) >= 11 is 0. The minimum atomic E-state index is -0.736. The summed E-state index contributed by atoms with van der Waals surface area (Å²) in [5, 5.41) is 0. The molecule has 0 bridgehead atoms. The summed E-state index contributed by atoms with van der Waals surface area (Å²) in [6.45, 7) is 5.38. The highest BCUT2D eigenvalue weighted by molar-refractivity contribution is 5.99. The van der Waals surface area contributed by atoms with Crippen molar-refractivity contribution in [1.29, 1.82) is 0 Å². The number of nitrogens with two attached hydrogens (primary N) is 1. The molecule has 24 heavy (non-hydrogen) atoms. The minimum absolute atomic E-state index is 0.0803. The fourth-order valence-corrected chi connectivity index (χ4v) is 2.55. The van der Waals surface area contributed by atoms with Crippen LogP contribution in [-0.2, 0) is 23.8 Å². The Bertz CT molecular complexity index is 654. The Balaban J connectivity index is 2.59. The molecule has 0 saturated carbocycles. The van der Waals surface area contributed by atoms with E-state index in [2.05, 4.69) is 4.98 Å². The van der Waals surface area contributed by atoms with E-state index in [0.29, 0.717) is 11.3 Å². The molecule has 7 nitrogen and oxygen atoms in total. The summed E-state index contributed by atoms with van der Waals surface area (Å²) in [5.41, 5.74) is 6.89. The summed E-state index contributed by atoms with van der Waals surface area (Å²) in [6, 6.07) is 3.41. The molecule has 0 aliphatic carbocycles. The number of rotatable bonds is 5. The molecule has 2 rings (SSSR count). The van der Waals surface area contributed by atoms with Crippen molar-refractivity contribution in [1.82, 2.24) is 4.98 Å². The highest BCUT2D eigenvalue weighted by Crippen LogP contribution is 2.40. The molecule has 7 heteroatoms. The van der Waals surface area contributed by atoms with Crippen molar-refractivity contribution in [3.05, 3.63) is 52.9 Å². The summed E-state index contributed by atoms with van der Waals surface area (Å²) < 4.78 is 15.6. The lowest BCUT2D eigenvalue weighted by Gasteiger charge is -2.28. The zero-order valence-electron chi connectivity index (χ0n) is 13.9. The molecule has 0 radical (unpaired) electrons. The lowest BCUT2D eigenvalue weighted by Crippen LogP contribution is -2.30. The minimum Gasteiger partial charge on any atom is -0.463 e. The molecular formula is C17H20N2O5. The van der Waals surface area contributed by atoms with Crippen LogP contribution in [0.3, 0.4) is 0 Å². The van der Waals surface area contributed by atoms with E-state index < -0.39 is 17.9 Å². The highest BCUT2D eigenvalue weighted by atomic mass is 16.5. The van der Waals surface area contributed by atoms with Gasteiger partial charge in [-0.15, -0.1) is 0 Å². The first kappa shape index (κ1) is 17.5. The van der Waals surface area contributed by atoms with Crippen LogP contribution < -0.4 is 5.73 Å². The number of carbonyl (C=O) groups excluding carboxylic acids is 2. The molecule has 1 aliphatic heterocycles. The number of carbonyl (C=O) groups is 2. The second-order valence-electron chi connectivity index (χ2n) is 5.00. The number of aromatic nitrogens is 1. The van der Waals surface area contributed by atoms with Gasteiger partial charge in [0.05, 0.1) is 24.7 Å². The Morgan fingerprint density at radius 1 is 1.12 bits per heavy atom. The van der Waals surface area contributed by atoms with E-state index >= 15 is 0 Å². The third kappa shape index (κ3) is 3.40. The van der Waals surface area contributed by atoms with E-state index in [1.54, 1.807) is 45.3 Å².